The van der Waals surface area contributed by atoms with Gasteiger partial charge in [-0.05, 0) is 29.8 Å². The van der Waals surface area contributed by atoms with E-state index in [0.29, 0.717) is 13.2 Å². The first kappa shape index (κ1) is 13.0. The van der Waals surface area contributed by atoms with Gasteiger partial charge in [0, 0.05) is 17.8 Å². The summed E-state index contributed by atoms with van der Waals surface area (Å²) < 4.78 is 7.78. The van der Waals surface area contributed by atoms with Crippen molar-refractivity contribution in [3.05, 3.63) is 65.1 Å². The summed E-state index contributed by atoms with van der Waals surface area (Å²) >= 11 is 5.86. The summed E-state index contributed by atoms with van der Waals surface area (Å²) in [5.74, 6) is 0.738. The third kappa shape index (κ3) is 2.48. The first-order valence-electron chi connectivity index (χ1n) is 6.30. The monoisotopic (exact) mass is 287 g/mol. The summed E-state index contributed by atoms with van der Waals surface area (Å²) in [6.45, 7) is 0.920. The van der Waals surface area contributed by atoms with Crippen LogP contribution in [0.25, 0.3) is 5.65 Å². The summed E-state index contributed by atoms with van der Waals surface area (Å²) in [5, 5.41) is 0.719. The van der Waals surface area contributed by atoms with E-state index in [1.807, 2.05) is 47.0 Å². The number of rotatable bonds is 4. The quantitative estimate of drug-likeness (QED) is 0.802. The molecule has 0 saturated heterocycles. The Labute approximate surface area is 121 Å². The number of pyridine rings is 1. The highest BCUT2D eigenvalue weighted by Gasteiger charge is 2.07. The van der Waals surface area contributed by atoms with Crippen molar-refractivity contribution >= 4 is 17.2 Å². The van der Waals surface area contributed by atoms with Gasteiger partial charge in [-0.2, -0.15) is 0 Å². The molecule has 0 aliphatic heterocycles. The van der Waals surface area contributed by atoms with Crippen LogP contribution in [0.3, 0.4) is 0 Å². The summed E-state index contributed by atoms with van der Waals surface area (Å²) in [4.78, 5) is 4.35. The Kier molecular flexibility index (Phi) is 3.58. The maximum Gasteiger partial charge on any atom is 0.179 e. The van der Waals surface area contributed by atoms with Gasteiger partial charge in [-0.25, -0.2) is 4.98 Å². The molecular formula is C15H14ClN3O. The average molecular weight is 288 g/mol. The number of hydrogen-bond acceptors (Lipinski definition) is 3. The molecule has 0 unspecified atom stereocenters. The zero-order chi connectivity index (χ0) is 13.9. The summed E-state index contributed by atoms with van der Waals surface area (Å²) in [6.07, 6.45) is 3.70. The largest absolute Gasteiger partial charge is 0.485 e. The van der Waals surface area contributed by atoms with E-state index in [2.05, 4.69) is 4.98 Å². The SMILES string of the molecule is NCc1cnc2c(OCc3ccc(Cl)cc3)cccn12. The fourth-order valence-corrected chi connectivity index (χ4v) is 2.17. The van der Waals surface area contributed by atoms with Gasteiger partial charge in [0.05, 0.1) is 11.9 Å². The fraction of sp³-hybridized carbons (Fsp3) is 0.133. The summed E-state index contributed by atoms with van der Waals surface area (Å²) in [5.41, 5.74) is 8.47. The van der Waals surface area contributed by atoms with Crippen LogP contribution < -0.4 is 10.5 Å². The lowest BCUT2D eigenvalue weighted by molar-refractivity contribution is 0.308. The third-order valence-corrected chi connectivity index (χ3v) is 3.35. The van der Waals surface area contributed by atoms with Gasteiger partial charge < -0.3 is 10.5 Å². The minimum Gasteiger partial charge on any atom is -0.485 e. The van der Waals surface area contributed by atoms with Crippen molar-refractivity contribution in [2.24, 2.45) is 5.73 Å². The minimum atomic E-state index is 0.446. The van der Waals surface area contributed by atoms with E-state index < -0.39 is 0 Å². The van der Waals surface area contributed by atoms with Crippen molar-refractivity contribution < 1.29 is 4.74 Å². The Morgan fingerprint density at radius 2 is 2.00 bits per heavy atom. The molecule has 2 N–H and O–H groups in total. The fourth-order valence-electron chi connectivity index (χ4n) is 2.04. The molecule has 4 nitrogen and oxygen atoms in total. The Morgan fingerprint density at radius 3 is 2.75 bits per heavy atom. The van der Waals surface area contributed by atoms with Crippen LogP contribution in [0.5, 0.6) is 5.75 Å². The average Bonchev–Trinajstić information content (AvgIpc) is 2.90. The standard InChI is InChI=1S/C15H14ClN3O/c16-12-5-3-11(4-6-12)10-20-14-2-1-7-19-13(8-17)9-18-15(14)19/h1-7,9H,8,10,17H2. The van der Waals surface area contributed by atoms with Gasteiger partial charge in [-0.1, -0.05) is 23.7 Å². The maximum absolute atomic E-state index is 5.86. The number of nitrogens with zero attached hydrogens (tertiary/aromatic N) is 2. The molecular weight excluding hydrogens is 274 g/mol. The van der Waals surface area contributed by atoms with Gasteiger partial charge in [0.1, 0.15) is 6.61 Å². The zero-order valence-electron chi connectivity index (χ0n) is 10.8. The lowest BCUT2D eigenvalue weighted by Gasteiger charge is -2.08. The number of benzene rings is 1. The number of imidazole rings is 1. The first-order chi connectivity index (χ1) is 9.78. The molecule has 0 saturated carbocycles. The molecule has 5 heteroatoms. The van der Waals surface area contributed by atoms with E-state index in [9.17, 15) is 0 Å². The highest BCUT2D eigenvalue weighted by molar-refractivity contribution is 6.30. The second-order valence-electron chi connectivity index (χ2n) is 4.43. The summed E-state index contributed by atoms with van der Waals surface area (Å²) in [6, 6.07) is 11.4. The van der Waals surface area contributed by atoms with Gasteiger partial charge >= 0.3 is 0 Å². The molecule has 0 fully saturated rings. The molecule has 0 aliphatic carbocycles. The molecule has 20 heavy (non-hydrogen) atoms. The number of ether oxygens (including phenoxy) is 1. The molecule has 0 bridgehead atoms. The van der Waals surface area contributed by atoms with Gasteiger partial charge in [0.25, 0.3) is 0 Å². The molecule has 1 aromatic carbocycles. The lowest BCUT2D eigenvalue weighted by Crippen LogP contribution is -2.02. The second-order valence-corrected chi connectivity index (χ2v) is 4.87. The smallest absolute Gasteiger partial charge is 0.179 e. The Morgan fingerprint density at radius 1 is 1.20 bits per heavy atom. The van der Waals surface area contributed by atoms with Crippen LogP contribution in [0, 0.1) is 0 Å². The normalized spacial score (nSPS) is 10.9. The van der Waals surface area contributed by atoms with Gasteiger partial charge in [0.15, 0.2) is 11.4 Å². The lowest BCUT2D eigenvalue weighted by atomic mass is 10.2. The van der Waals surface area contributed by atoms with E-state index in [-0.39, 0.29) is 0 Å². The third-order valence-electron chi connectivity index (χ3n) is 3.09. The van der Waals surface area contributed by atoms with E-state index in [1.54, 1.807) is 6.20 Å². The summed E-state index contributed by atoms with van der Waals surface area (Å²) in [7, 11) is 0. The highest BCUT2D eigenvalue weighted by Crippen LogP contribution is 2.21. The Balaban J connectivity index is 1.84. The Bertz CT molecular complexity index is 722. The molecule has 0 spiro atoms. The van der Waals surface area contributed by atoms with Crippen LogP contribution in [0.2, 0.25) is 5.02 Å². The first-order valence-corrected chi connectivity index (χ1v) is 6.68. The molecule has 2 heterocycles. The van der Waals surface area contributed by atoms with Crippen LogP contribution in [0.4, 0.5) is 0 Å². The van der Waals surface area contributed by atoms with Crippen molar-refractivity contribution in [1.29, 1.82) is 0 Å². The van der Waals surface area contributed by atoms with Crippen LogP contribution >= 0.6 is 11.6 Å². The number of fused-ring (bicyclic) bond motifs is 1. The Hall–Kier alpha value is -2.04. The number of nitrogens with two attached hydrogens (primary N) is 1. The van der Waals surface area contributed by atoms with E-state index in [4.69, 9.17) is 22.1 Å². The molecule has 3 rings (SSSR count). The van der Waals surface area contributed by atoms with E-state index >= 15 is 0 Å². The van der Waals surface area contributed by atoms with E-state index in [0.717, 1.165) is 27.7 Å². The molecule has 3 aromatic rings. The van der Waals surface area contributed by atoms with Crippen LogP contribution in [-0.2, 0) is 13.2 Å². The molecule has 2 aromatic heterocycles. The van der Waals surface area contributed by atoms with Gasteiger partial charge in [-0.15, -0.1) is 0 Å². The number of hydrogen-bond donors (Lipinski definition) is 1. The molecule has 0 aliphatic rings. The van der Waals surface area contributed by atoms with Gasteiger partial charge in [0.2, 0.25) is 0 Å². The minimum absolute atomic E-state index is 0.446. The van der Waals surface area contributed by atoms with Crippen molar-refractivity contribution in [3.8, 4) is 5.75 Å². The highest BCUT2D eigenvalue weighted by atomic mass is 35.5. The van der Waals surface area contributed by atoms with Gasteiger partial charge in [-0.3, -0.25) is 4.40 Å². The van der Waals surface area contributed by atoms with Crippen molar-refractivity contribution in [2.45, 2.75) is 13.2 Å². The van der Waals surface area contributed by atoms with Crippen molar-refractivity contribution in [3.63, 3.8) is 0 Å². The topological polar surface area (TPSA) is 52.5 Å². The van der Waals surface area contributed by atoms with Crippen LogP contribution in [0.15, 0.2) is 48.8 Å². The number of aromatic nitrogens is 2. The van der Waals surface area contributed by atoms with Crippen molar-refractivity contribution in [1.82, 2.24) is 9.38 Å². The molecule has 0 radical (unpaired) electrons. The molecule has 0 amide bonds. The van der Waals surface area contributed by atoms with Crippen LogP contribution in [-0.4, -0.2) is 9.38 Å². The zero-order valence-corrected chi connectivity index (χ0v) is 11.5. The maximum atomic E-state index is 5.86. The predicted octanol–water partition coefficient (Wildman–Crippen LogP) is 3.03. The van der Waals surface area contributed by atoms with E-state index in [1.165, 1.54) is 0 Å². The predicted molar refractivity (Wildman–Crippen MR) is 78.9 cm³/mol. The number of halogens is 1. The molecule has 0 atom stereocenters. The van der Waals surface area contributed by atoms with Crippen molar-refractivity contribution in [2.75, 3.05) is 0 Å². The second kappa shape index (κ2) is 5.53. The van der Waals surface area contributed by atoms with Crippen LogP contribution in [0.1, 0.15) is 11.3 Å². The molecule has 102 valence electrons.